The van der Waals surface area contributed by atoms with Crippen molar-refractivity contribution in [2.75, 3.05) is 20.6 Å². The third-order valence-corrected chi connectivity index (χ3v) is 1.72. The molecule has 4 nitrogen and oxygen atoms in total. The van der Waals surface area contributed by atoms with E-state index in [2.05, 4.69) is 10.9 Å². The summed E-state index contributed by atoms with van der Waals surface area (Å²) in [6, 6.07) is 0.341. The summed E-state index contributed by atoms with van der Waals surface area (Å²) in [6.45, 7) is 0.832. The van der Waals surface area contributed by atoms with Crippen molar-refractivity contribution in [1.82, 2.24) is 15.8 Å². The maximum Gasteiger partial charge on any atom is 0.235 e. The number of carbonyl (C=O) groups is 1. The Morgan fingerprint density at radius 3 is 2.70 bits per heavy atom. The SMILES string of the molecule is CN(C)C1CNNC(=O)C1. The maximum absolute atomic E-state index is 10.8. The summed E-state index contributed by atoms with van der Waals surface area (Å²) in [7, 11) is 3.95. The summed E-state index contributed by atoms with van der Waals surface area (Å²) < 4.78 is 0. The predicted molar refractivity (Wildman–Crippen MR) is 38.2 cm³/mol. The van der Waals surface area contributed by atoms with Crippen molar-refractivity contribution in [2.45, 2.75) is 12.5 Å². The number of rotatable bonds is 1. The third-order valence-electron chi connectivity index (χ3n) is 1.72. The number of amides is 1. The minimum Gasteiger partial charge on any atom is -0.305 e. The van der Waals surface area contributed by atoms with Gasteiger partial charge in [0.2, 0.25) is 5.91 Å². The first-order valence-electron chi connectivity index (χ1n) is 3.38. The third kappa shape index (κ3) is 1.68. The van der Waals surface area contributed by atoms with Gasteiger partial charge in [-0.15, -0.1) is 0 Å². The van der Waals surface area contributed by atoms with E-state index >= 15 is 0 Å². The summed E-state index contributed by atoms with van der Waals surface area (Å²) in [5, 5.41) is 0. The van der Waals surface area contributed by atoms with Gasteiger partial charge in [0, 0.05) is 19.0 Å². The van der Waals surface area contributed by atoms with Crippen molar-refractivity contribution in [3.63, 3.8) is 0 Å². The van der Waals surface area contributed by atoms with E-state index in [-0.39, 0.29) is 5.91 Å². The lowest BCUT2D eigenvalue weighted by molar-refractivity contribution is -0.124. The number of hydrazine groups is 1. The summed E-state index contributed by atoms with van der Waals surface area (Å²) in [4.78, 5) is 12.8. The van der Waals surface area contributed by atoms with E-state index in [9.17, 15) is 4.79 Å². The Bertz CT molecular complexity index is 135. The van der Waals surface area contributed by atoms with E-state index in [0.717, 1.165) is 6.54 Å². The molecular formula is C6H13N3O. The monoisotopic (exact) mass is 143 g/mol. The van der Waals surface area contributed by atoms with Crippen molar-refractivity contribution >= 4 is 5.91 Å². The molecule has 1 aliphatic rings. The molecule has 0 aromatic carbocycles. The van der Waals surface area contributed by atoms with Crippen LogP contribution in [0.1, 0.15) is 6.42 Å². The van der Waals surface area contributed by atoms with Crippen LogP contribution in [0.3, 0.4) is 0 Å². The Morgan fingerprint density at radius 2 is 2.30 bits per heavy atom. The maximum atomic E-state index is 10.8. The van der Waals surface area contributed by atoms with Crippen LogP contribution < -0.4 is 10.9 Å². The van der Waals surface area contributed by atoms with Crippen LogP contribution in [0.4, 0.5) is 0 Å². The van der Waals surface area contributed by atoms with E-state index in [1.807, 2.05) is 19.0 Å². The van der Waals surface area contributed by atoms with Gasteiger partial charge in [-0.05, 0) is 14.1 Å². The van der Waals surface area contributed by atoms with Crippen LogP contribution >= 0.6 is 0 Å². The van der Waals surface area contributed by atoms with Crippen LogP contribution in [-0.2, 0) is 4.79 Å². The molecule has 0 spiro atoms. The first-order chi connectivity index (χ1) is 4.70. The second kappa shape index (κ2) is 2.98. The van der Waals surface area contributed by atoms with Gasteiger partial charge < -0.3 is 4.90 Å². The summed E-state index contributed by atoms with van der Waals surface area (Å²) in [5.41, 5.74) is 5.38. The Labute approximate surface area is 60.5 Å². The molecule has 1 heterocycles. The zero-order valence-corrected chi connectivity index (χ0v) is 6.35. The van der Waals surface area contributed by atoms with Gasteiger partial charge in [-0.1, -0.05) is 0 Å². The number of nitrogens with zero attached hydrogens (tertiary/aromatic N) is 1. The molecule has 0 saturated carbocycles. The summed E-state index contributed by atoms with van der Waals surface area (Å²) >= 11 is 0. The van der Waals surface area contributed by atoms with Crippen molar-refractivity contribution in [3.05, 3.63) is 0 Å². The van der Waals surface area contributed by atoms with Gasteiger partial charge in [-0.2, -0.15) is 0 Å². The minimum absolute atomic E-state index is 0.0740. The van der Waals surface area contributed by atoms with E-state index in [0.29, 0.717) is 12.5 Å². The zero-order valence-electron chi connectivity index (χ0n) is 6.35. The number of hydrogen-bond acceptors (Lipinski definition) is 3. The molecule has 1 fully saturated rings. The van der Waals surface area contributed by atoms with Crippen molar-refractivity contribution in [2.24, 2.45) is 0 Å². The molecule has 10 heavy (non-hydrogen) atoms. The van der Waals surface area contributed by atoms with Gasteiger partial charge in [0.15, 0.2) is 0 Å². The molecule has 1 saturated heterocycles. The number of hydrogen-bond donors (Lipinski definition) is 2. The van der Waals surface area contributed by atoms with Gasteiger partial charge in [-0.25, -0.2) is 5.43 Å². The Balaban J connectivity index is 2.39. The highest BCUT2D eigenvalue weighted by atomic mass is 16.2. The molecule has 4 heteroatoms. The molecule has 0 aliphatic carbocycles. The molecule has 1 amide bonds. The van der Waals surface area contributed by atoms with E-state index in [1.165, 1.54) is 0 Å². The fourth-order valence-corrected chi connectivity index (χ4v) is 0.970. The quantitative estimate of drug-likeness (QED) is 0.492. The van der Waals surface area contributed by atoms with Gasteiger partial charge in [-0.3, -0.25) is 10.2 Å². The fourth-order valence-electron chi connectivity index (χ4n) is 0.970. The zero-order chi connectivity index (χ0) is 7.56. The topological polar surface area (TPSA) is 44.4 Å². The highest BCUT2D eigenvalue weighted by Crippen LogP contribution is 2.00. The van der Waals surface area contributed by atoms with Gasteiger partial charge >= 0.3 is 0 Å². The van der Waals surface area contributed by atoms with E-state index in [4.69, 9.17) is 0 Å². The highest BCUT2D eigenvalue weighted by Gasteiger charge is 2.19. The molecule has 0 radical (unpaired) electrons. The second-order valence-electron chi connectivity index (χ2n) is 2.75. The molecule has 1 aliphatic heterocycles. The molecule has 1 rings (SSSR count). The Kier molecular flexibility index (Phi) is 2.24. The second-order valence-corrected chi connectivity index (χ2v) is 2.75. The highest BCUT2D eigenvalue weighted by molar-refractivity contribution is 5.76. The fraction of sp³-hybridized carbons (Fsp3) is 0.833. The van der Waals surface area contributed by atoms with Gasteiger partial charge in [0.25, 0.3) is 0 Å². The van der Waals surface area contributed by atoms with Crippen molar-refractivity contribution < 1.29 is 4.79 Å². The normalized spacial score (nSPS) is 26.7. The lowest BCUT2D eigenvalue weighted by Gasteiger charge is -2.28. The molecule has 0 bridgehead atoms. The molecule has 1 atom stereocenters. The van der Waals surface area contributed by atoms with Crippen LogP contribution in [0.2, 0.25) is 0 Å². The van der Waals surface area contributed by atoms with Crippen LogP contribution in [0.15, 0.2) is 0 Å². The van der Waals surface area contributed by atoms with E-state index in [1.54, 1.807) is 0 Å². The van der Waals surface area contributed by atoms with Crippen molar-refractivity contribution in [3.8, 4) is 0 Å². The van der Waals surface area contributed by atoms with Crippen LogP contribution in [0.5, 0.6) is 0 Å². The van der Waals surface area contributed by atoms with Crippen LogP contribution in [-0.4, -0.2) is 37.5 Å². The summed E-state index contributed by atoms with van der Waals surface area (Å²) in [6.07, 6.45) is 0.597. The van der Waals surface area contributed by atoms with Gasteiger partial charge in [0.1, 0.15) is 0 Å². The number of likely N-dealkylation sites (N-methyl/N-ethyl adjacent to an activating group) is 1. The number of nitrogens with one attached hydrogen (secondary N) is 2. The Hall–Kier alpha value is -0.610. The van der Waals surface area contributed by atoms with Crippen LogP contribution in [0, 0.1) is 0 Å². The Morgan fingerprint density at radius 1 is 1.60 bits per heavy atom. The smallest absolute Gasteiger partial charge is 0.235 e. The lowest BCUT2D eigenvalue weighted by atomic mass is 10.1. The standard InChI is InChI=1S/C6H13N3O/c1-9(2)5-3-6(10)8-7-4-5/h5,7H,3-4H2,1-2H3,(H,8,10). The van der Waals surface area contributed by atoms with Gasteiger partial charge in [0.05, 0.1) is 0 Å². The largest absolute Gasteiger partial charge is 0.305 e. The van der Waals surface area contributed by atoms with E-state index < -0.39 is 0 Å². The lowest BCUT2D eigenvalue weighted by Crippen LogP contribution is -2.53. The van der Waals surface area contributed by atoms with Crippen LogP contribution in [0.25, 0.3) is 0 Å². The molecular weight excluding hydrogens is 130 g/mol. The molecule has 58 valence electrons. The summed E-state index contributed by atoms with van der Waals surface area (Å²) in [5.74, 6) is 0.0740. The molecule has 0 aromatic heterocycles. The average Bonchev–Trinajstić information content (AvgIpc) is 1.88. The molecule has 1 unspecified atom stereocenters. The minimum atomic E-state index is 0.0740. The average molecular weight is 143 g/mol. The predicted octanol–water partition coefficient (Wildman–Crippen LogP) is -1.06. The first-order valence-corrected chi connectivity index (χ1v) is 3.38. The first kappa shape index (κ1) is 7.50. The number of carbonyl (C=O) groups excluding carboxylic acids is 1. The van der Waals surface area contributed by atoms with Crippen molar-refractivity contribution in [1.29, 1.82) is 0 Å². The molecule has 2 N–H and O–H groups in total. The molecule has 0 aromatic rings.